The molecule has 2 aromatic rings. The highest BCUT2D eigenvalue weighted by molar-refractivity contribution is 14.1. The smallest absolute Gasteiger partial charge is 0.270 e. The second-order valence-electron chi connectivity index (χ2n) is 3.62. The molecule has 1 aromatic carbocycles. The second-order valence-corrected chi connectivity index (χ2v) is 4.78. The van der Waals surface area contributed by atoms with E-state index in [1.165, 1.54) is 24.4 Å². The quantitative estimate of drug-likeness (QED) is 0.512. The average molecular weight is 369 g/mol. The van der Waals surface area contributed by atoms with Gasteiger partial charge in [0.25, 0.3) is 11.6 Å². The number of nitrogens with one attached hydrogen (secondary N) is 1. The van der Waals surface area contributed by atoms with Crippen LogP contribution in [0.25, 0.3) is 0 Å². The highest BCUT2D eigenvalue weighted by Gasteiger charge is 2.14. The molecule has 7 heteroatoms. The lowest BCUT2D eigenvalue weighted by molar-refractivity contribution is -0.384. The van der Waals surface area contributed by atoms with Gasteiger partial charge in [-0.25, -0.2) is 0 Å². The number of halogens is 1. The van der Waals surface area contributed by atoms with Gasteiger partial charge in [0, 0.05) is 21.9 Å². The zero-order valence-corrected chi connectivity index (χ0v) is 11.7. The third-order valence-electron chi connectivity index (χ3n) is 2.33. The molecule has 0 fully saturated rings. The van der Waals surface area contributed by atoms with Crippen molar-refractivity contribution in [2.75, 3.05) is 5.32 Å². The molecule has 6 nitrogen and oxygen atoms in total. The predicted octanol–water partition coefficient (Wildman–Crippen LogP) is 2.85. The number of benzene rings is 1. The molecule has 0 radical (unpaired) electrons. The summed E-state index contributed by atoms with van der Waals surface area (Å²) in [5.74, 6) is -0.327. The van der Waals surface area contributed by atoms with Gasteiger partial charge in [0.05, 0.1) is 22.4 Å². The summed E-state index contributed by atoms with van der Waals surface area (Å²) >= 11 is 1.90. The van der Waals surface area contributed by atoms with Crippen LogP contribution in [0, 0.1) is 13.7 Å². The fraction of sp³-hybridized carbons (Fsp3) is 0. The predicted molar refractivity (Wildman–Crippen MR) is 78.0 cm³/mol. The van der Waals surface area contributed by atoms with Crippen LogP contribution in [0.3, 0.4) is 0 Å². The van der Waals surface area contributed by atoms with Gasteiger partial charge < -0.3 is 5.32 Å². The molecule has 0 saturated heterocycles. The van der Waals surface area contributed by atoms with Crippen molar-refractivity contribution in [3.8, 4) is 0 Å². The number of nitro benzene ring substituents is 1. The Balaban J connectivity index is 2.22. The lowest BCUT2D eigenvalue weighted by Gasteiger charge is -2.06. The maximum atomic E-state index is 12.0. The first-order valence-corrected chi connectivity index (χ1v) is 6.31. The Kier molecular flexibility index (Phi) is 4.05. The number of carbonyl (C=O) groups is 1. The lowest BCUT2D eigenvalue weighted by Crippen LogP contribution is -2.13. The number of aromatic nitrogens is 1. The number of hydrogen-bond acceptors (Lipinski definition) is 4. The third kappa shape index (κ3) is 3.25. The molecule has 1 amide bonds. The molecule has 1 N–H and O–H groups in total. The standard InChI is InChI=1S/C12H8IN3O3/c13-11-6-9(16(18)19)3-4-10(11)12(17)15-8-2-1-5-14-7-8/h1-7H,(H,15,17). The lowest BCUT2D eigenvalue weighted by atomic mass is 10.2. The van der Waals surface area contributed by atoms with Gasteiger partial charge in [-0.15, -0.1) is 0 Å². The number of non-ortho nitro benzene ring substituents is 1. The van der Waals surface area contributed by atoms with Crippen molar-refractivity contribution < 1.29 is 9.72 Å². The molecule has 1 aromatic heterocycles. The van der Waals surface area contributed by atoms with Gasteiger partial charge in [0.2, 0.25) is 0 Å². The van der Waals surface area contributed by atoms with E-state index in [9.17, 15) is 14.9 Å². The van der Waals surface area contributed by atoms with Crippen LogP contribution in [0.15, 0.2) is 42.7 Å². The summed E-state index contributed by atoms with van der Waals surface area (Å²) in [5, 5.41) is 13.3. The Morgan fingerprint density at radius 3 is 2.74 bits per heavy atom. The van der Waals surface area contributed by atoms with Crippen LogP contribution >= 0.6 is 22.6 Å². The van der Waals surface area contributed by atoms with Gasteiger partial charge in [-0.3, -0.25) is 19.9 Å². The van der Waals surface area contributed by atoms with Crippen LogP contribution in [0.2, 0.25) is 0 Å². The van der Waals surface area contributed by atoms with E-state index in [-0.39, 0.29) is 11.6 Å². The Labute approximate surface area is 122 Å². The van der Waals surface area contributed by atoms with Crippen LogP contribution < -0.4 is 5.32 Å². The summed E-state index contributed by atoms with van der Waals surface area (Å²) in [7, 11) is 0. The molecule has 0 aliphatic rings. The van der Waals surface area contributed by atoms with E-state index < -0.39 is 4.92 Å². The van der Waals surface area contributed by atoms with E-state index in [0.29, 0.717) is 14.8 Å². The van der Waals surface area contributed by atoms with Crippen molar-refractivity contribution in [2.45, 2.75) is 0 Å². The molecule has 96 valence electrons. The Bertz CT molecular complexity index is 631. The van der Waals surface area contributed by atoms with Crippen molar-refractivity contribution in [1.82, 2.24) is 4.98 Å². The summed E-state index contributed by atoms with van der Waals surface area (Å²) in [6, 6.07) is 7.52. The molecule has 0 aliphatic heterocycles. The molecule has 1 heterocycles. The molecule has 0 saturated carbocycles. The van der Waals surface area contributed by atoms with E-state index in [1.54, 1.807) is 18.3 Å². The minimum atomic E-state index is -0.495. The molecule has 0 unspecified atom stereocenters. The number of hydrogen-bond donors (Lipinski definition) is 1. The summed E-state index contributed by atoms with van der Waals surface area (Å²) in [6.45, 7) is 0. The third-order valence-corrected chi connectivity index (χ3v) is 3.22. The molecular weight excluding hydrogens is 361 g/mol. The first kappa shape index (κ1) is 13.4. The minimum absolute atomic E-state index is 0.0395. The van der Waals surface area contributed by atoms with Crippen molar-refractivity contribution >= 4 is 39.9 Å². The van der Waals surface area contributed by atoms with E-state index in [2.05, 4.69) is 10.3 Å². The summed E-state index contributed by atoms with van der Waals surface area (Å²) in [4.78, 5) is 26.0. The van der Waals surface area contributed by atoms with Gasteiger partial charge in [0.1, 0.15) is 0 Å². The number of nitro groups is 1. The molecule has 0 bridgehead atoms. The van der Waals surface area contributed by atoms with Gasteiger partial charge in [0.15, 0.2) is 0 Å². The number of amides is 1. The number of pyridine rings is 1. The van der Waals surface area contributed by atoms with Crippen LogP contribution in [0.4, 0.5) is 11.4 Å². The fourth-order valence-corrected chi connectivity index (χ4v) is 2.18. The fourth-order valence-electron chi connectivity index (χ4n) is 1.44. The van der Waals surface area contributed by atoms with Crippen molar-refractivity contribution in [3.63, 3.8) is 0 Å². The Morgan fingerprint density at radius 1 is 1.37 bits per heavy atom. The maximum absolute atomic E-state index is 12.0. The van der Waals surface area contributed by atoms with Crippen LogP contribution in [0.5, 0.6) is 0 Å². The largest absolute Gasteiger partial charge is 0.321 e. The molecule has 2 rings (SSSR count). The Morgan fingerprint density at radius 2 is 2.16 bits per heavy atom. The summed E-state index contributed by atoms with van der Waals surface area (Å²) in [6.07, 6.45) is 3.13. The van der Waals surface area contributed by atoms with Gasteiger partial charge in [-0.05, 0) is 40.8 Å². The minimum Gasteiger partial charge on any atom is -0.321 e. The first-order chi connectivity index (χ1) is 9.08. The first-order valence-electron chi connectivity index (χ1n) is 5.23. The highest BCUT2D eigenvalue weighted by Crippen LogP contribution is 2.20. The van der Waals surface area contributed by atoms with E-state index in [1.807, 2.05) is 22.6 Å². The summed E-state index contributed by atoms with van der Waals surface area (Å²) in [5.41, 5.74) is 0.916. The van der Waals surface area contributed by atoms with Crippen molar-refractivity contribution in [1.29, 1.82) is 0 Å². The average Bonchev–Trinajstić information content (AvgIpc) is 2.39. The monoisotopic (exact) mass is 369 g/mol. The normalized spacial score (nSPS) is 9.95. The van der Waals surface area contributed by atoms with Gasteiger partial charge >= 0.3 is 0 Å². The van der Waals surface area contributed by atoms with E-state index >= 15 is 0 Å². The van der Waals surface area contributed by atoms with Gasteiger partial charge in [-0.2, -0.15) is 0 Å². The molecular formula is C12H8IN3O3. The number of anilines is 1. The maximum Gasteiger partial charge on any atom is 0.270 e. The SMILES string of the molecule is O=C(Nc1cccnc1)c1ccc([N+](=O)[O-])cc1I. The molecule has 0 atom stereocenters. The zero-order chi connectivity index (χ0) is 13.8. The topological polar surface area (TPSA) is 85.1 Å². The van der Waals surface area contributed by atoms with Gasteiger partial charge in [-0.1, -0.05) is 0 Å². The Hall–Kier alpha value is -2.03. The van der Waals surface area contributed by atoms with Crippen LogP contribution in [0.1, 0.15) is 10.4 Å². The van der Waals surface area contributed by atoms with Crippen molar-refractivity contribution in [2.24, 2.45) is 0 Å². The molecule has 0 aliphatic carbocycles. The number of carbonyl (C=O) groups excluding carboxylic acids is 1. The highest BCUT2D eigenvalue weighted by atomic mass is 127. The second kappa shape index (κ2) is 5.74. The van der Waals surface area contributed by atoms with Crippen molar-refractivity contribution in [3.05, 3.63) is 62.0 Å². The summed E-state index contributed by atoms with van der Waals surface area (Å²) < 4.78 is 0.521. The van der Waals surface area contributed by atoms with E-state index in [4.69, 9.17) is 0 Å². The zero-order valence-electron chi connectivity index (χ0n) is 9.54. The number of nitrogens with zero attached hydrogens (tertiary/aromatic N) is 2. The van der Waals surface area contributed by atoms with E-state index in [0.717, 1.165) is 0 Å². The molecule has 19 heavy (non-hydrogen) atoms. The van der Waals surface area contributed by atoms with Crippen LogP contribution in [-0.2, 0) is 0 Å². The number of rotatable bonds is 3. The molecule has 0 spiro atoms. The van der Waals surface area contributed by atoms with Crippen LogP contribution in [-0.4, -0.2) is 15.8 Å².